The monoisotopic (exact) mass is 403 g/mol. The molecule has 28 heavy (non-hydrogen) atoms. The number of likely N-dealkylation sites (tertiary alicyclic amines) is 1. The molecule has 1 saturated heterocycles. The number of hydrogen-bond acceptors (Lipinski definition) is 6. The van der Waals surface area contributed by atoms with Crippen molar-refractivity contribution in [2.45, 2.75) is 44.1 Å². The van der Waals surface area contributed by atoms with E-state index in [0.717, 1.165) is 39.2 Å². The lowest BCUT2D eigenvalue weighted by Crippen LogP contribution is -2.54. The van der Waals surface area contributed by atoms with Gasteiger partial charge in [-0.15, -0.1) is 0 Å². The first kappa shape index (κ1) is 26.3. The SMILES string of the molecule is COCCN1CCC(C(=O)NCC2(N(C)C)CCCCC2)C1.O=CO.O=CO. The van der Waals surface area contributed by atoms with E-state index >= 15 is 0 Å². The van der Waals surface area contributed by atoms with Crippen LogP contribution in [0.4, 0.5) is 0 Å². The lowest BCUT2D eigenvalue weighted by molar-refractivity contribution is -0.125. The molecule has 0 bridgehead atoms. The molecule has 3 N–H and O–H groups in total. The standard InChI is InChI=1S/C17H33N3O2.2CH2O2/c1-19(2)17(8-5-4-6-9-17)14-18-16(21)15-7-10-20(13-15)11-12-22-3;2*2-1-3/h15H,4-14H2,1-3H3,(H,18,21);2*1H,(H,2,3). The van der Waals surface area contributed by atoms with Crippen molar-refractivity contribution in [1.29, 1.82) is 0 Å². The van der Waals surface area contributed by atoms with Crippen LogP contribution in [0, 0.1) is 5.92 Å². The predicted octanol–water partition coefficient (Wildman–Crippen LogP) is 0.737. The molecule has 164 valence electrons. The van der Waals surface area contributed by atoms with Crippen LogP contribution in [0.3, 0.4) is 0 Å². The Balaban J connectivity index is 0.00000108. The highest BCUT2D eigenvalue weighted by Crippen LogP contribution is 2.31. The maximum atomic E-state index is 12.5. The van der Waals surface area contributed by atoms with Gasteiger partial charge in [-0.25, -0.2) is 0 Å². The number of hydrogen-bond donors (Lipinski definition) is 3. The lowest BCUT2D eigenvalue weighted by Gasteiger charge is -2.43. The maximum absolute atomic E-state index is 12.5. The van der Waals surface area contributed by atoms with Crippen molar-refractivity contribution >= 4 is 18.9 Å². The zero-order valence-electron chi connectivity index (χ0n) is 17.4. The van der Waals surface area contributed by atoms with Gasteiger partial charge in [0.2, 0.25) is 5.91 Å². The molecule has 0 aromatic carbocycles. The summed E-state index contributed by atoms with van der Waals surface area (Å²) in [6.07, 6.45) is 7.27. The van der Waals surface area contributed by atoms with Gasteiger partial charge in [0.15, 0.2) is 0 Å². The first-order chi connectivity index (χ1) is 13.4. The van der Waals surface area contributed by atoms with Crippen molar-refractivity contribution in [3.63, 3.8) is 0 Å². The number of amides is 1. The third kappa shape index (κ3) is 9.48. The molecule has 0 spiro atoms. The van der Waals surface area contributed by atoms with E-state index in [0.29, 0.717) is 0 Å². The Hall–Kier alpha value is -1.71. The Morgan fingerprint density at radius 2 is 1.79 bits per heavy atom. The number of nitrogens with one attached hydrogen (secondary N) is 1. The van der Waals surface area contributed by atoms with Crippen LogP contribution in [0.1, 0.15) is 38.5 Å². The number of rotatable bonds is 7. The Morgan fingerprint density at radius 1 is 1.21 bits per heavy atom. The summed E-state index contributed by atoms with van der Waals surface area (Å²) in [6.45, 7) is 3.87. The van der Waals surface area contributed by atoms with Crippen LogP contribution in [-0.4, -0.2) is 98.4 Å². The van der Waals surface area contributed by atoms with Crippen molar-refractivity contribution in [3.05, 3.63) is 0 Å². The van der Waals surface area contributed by atoms with Crippen LogP contribution in [0.5, 0.6) is 0 Å². The molecule has 0 aromatic heterocycles. The van der Waals surface area contributed by atoms with Gasteiger partial charge in [0.1, 0.15) is 0 Å². The smallest absolute Gasteiger partial charge is 0.290 e. The van der Waals surface area contributed by atoms with Gasteiger partial charge in [0, 0.05) is 32.3 Å². The summed E-state index contributed by atoms with van der Waals surface area (Å²) >= 11 is 0. The van der Waals surface area contributed by atoms with E-state index < -0.39 is 0 Å². The fourth-order valence-electron chi connectivity index (χ4n) is 3.86. The number of carboxylic acid groups (broad SMARTS) is 2. The Kier molecular flexibility index (Phi) is 14.3. The summed E-state index contributed by atoms with van der Waals surface area (Å²) in [5.74, 6) is 0.395. The zero-order chi connectivity index (χ0) is 21.4. The van der Waals surface area contributed by atoms with E-state index in [-0.39, 0.29) is 30.3 Å². The molecule has 2 rings (SSSR count). The average molecular weight is 404 g/mol. The summed E-state index contributed by atoms with van der Waals surface area (Å²) < 4.78 is 5.12. The molecule has 9 nitrogen and oxygen atoms in total. The van der Waals surface area contributed by atoms with E-state index in [1.807, 2.05) is 0 Å². The van der Waals surface area contributed by atoms with E-state index in [1.54, 1.807) is 7.11 Å². The number of carbonyl (C=O) groups excluding carboxylic acids is 1. The second-order valence-corrected chi connectivity index (χ2v) is 7.39. The van der Waals surface area contributed by atoms with Crippen molar-refractivity contribution < 1.29 is 29.3 Å². The van der Waals surface area contributed by atoms with E-state index in [1.165, 1.54) is 32.1 Å². The molecule has 9 heteroatoms. The van der Waals surface area contributed by atoms with Crippen molar-refractivity contribution in [3.8, 4) is 0 Å². The minimum absolute atomic E-state index is 0.152. The molecule has 1 atom stereocenters. The fraction of sp³-hybridized carbons (Fsp3) is 0.842. The van der Waals surface area contributed by atoms with Crippen LogP contribution in [0.25, 0.3) is 0 Å². The molecule has 0 radical (unpaired) electrons. The molecule has 1 aliphatic carbocycles. The van der Waals surface area contributed by atoms with E-state index in [4.69, 9.17) is 24.5 Å². The molecular weight excluding hydrogens is 366 g/mol. The predicted molar refractivity (Wildman–Crippen MR) is 106 cm³/mol. The van der Waals surface area contributed by atoms with Crippen LogP contribution in [0.15, 0.2) is 0 Å². The highest BCUT2D eigenvalue weighted by Gasteiger charge is 2.36. The van der Waals surface area contributed by atoms with Gasteiger partial charge in [-0.1, -0.05) is 19.3 Å². The molecule has 2 fully saturated rings. The third-order valence-corrected chi connectivity index (χ3v) is 5.58. The Labute approximate surface area is 168 Å². The van der Waals surface area contributed by atoms with Gasteiger partial charge >= 0.3 is 0 Å². The largest absolute Gasteiger partial charge is 0.483 e. The van der Waals surface area contributed by atoms with Crippen LogP contribution in [-0.2, 0) is 19.1 Å². The lowest BCUT2D eigenvalue weighted by atomic mass is 9.80. The number of ether oxygens (including phenoxy) is 1. The molecular formula is C19H37N3O6. The van der Waals surface area contributed by atoms with Gasteiger partial charge in [-0.2, -0.15) is 0 Å². The summed E-state index contributed by atoms with van der Waals surface area (Å²) in [4.78, 5) is 33.9. The fourth-order valence-corrected chi connectivity index (χ4v) is 3.86. The highest BCUT2D eigenvalue weighted by molar-refractivity contribution is 5.79. The topological polar surface area (TPSA) is 119 Å². The maximum Gasteiger partial charge on any atom is 0.290 e. The number of likely N-dealkylation sites (N-methyl/N-ethyl adjacent to an activating group) is 1. The second kappa shape index (κ2) is 15.2. The van der Waals surface area contributed by atoms with Crippen LogP contribution in [0.2, 0.25) is 0 Å². The second-order valence-electron chi connectivity index (χ2n) is 7.39. The summed E-state index contributed by atoms with van der Waals surface area (Å²) in [7, 11) is 6.03. The normalized spacial score (nSPS) is 20.9. The van der Waals surface area contributed by atoms with Gasteiger partial charge in [-0.3, -0.25) is 14.4 Å². The molecule has 1 aliphatic heterocycles. The van der Waals surface area contributed by atoms with Crippen molar-refractivity contribution in [2.75, 3.05) is 54.0 Å². The number of methoxy groups -OCH3 is 1. The van der Waals surface area contributed by atoms with Crippen LogP contribution >= 0.6 is 0 Å². The molecule has 2 aliphatic rings. The number of nitrogens with zero attached hydrogens (tertiary/aromatic N) is 2. The third-order valence-electron chi connectivity index (χ3n) is 5.58. The van der Waals surface area contributed by atoms with Crippen molar-refractivity contribution in [2.24, 2.45) is 5.92 Å². The molecule has 1 unspecified atom stereocenters. The molecule has 1 saturated carbocycles. The average Bonchev–Trinajstić information content (AvgIpc) is 3.15. The minimum Gasteiger partial charge on any atom is -0.483 e. The Morgan fingerprint density at radius 3 is 2.29 bits per heavy atom. The minimum atomic E-state index is -0.250. The molecule has 1 heterocycles. The summed E-state index contributed by atoms with van der Waals surface area (Å²) in [5, 5.41) is 17.0. The van der Waals surface area contributed by atoms with Gasteiger partial charge in [0.05, 0.1) is 12.5 Å². The van der Waals surface area contributed by atoms with Gasteiger partial charge in [0.25, 0.3) is 12.9 Å². The zero-order valence-corrected chi connectivity index (χ0v) is 17.4. The van der Waals surface area contributed by atoms with Crippen LogP contribution < -0.4 is 5.32 Å². The van der Waals surface area contributed by atoms with Crippen molar-refractivity contribution in [1.82, 2.24) is 15.1 Å². The van der Waals surface area contributed by atoms with E-state index in [2.05, 4.69) is 29.2 Å². The first-order valence-corrected chi connectivity index (χ1v) is 9.72. The highest BCUT2D eigenvalue weighted by atomic mass is 16.5. The molecule has 1 amide bonds. The summed E-state index contributed by atoms with van der Waals surface area (Å²) in [5.41, 5.74) is 0.169. The first-order valence-electron chi connectivity index (χ1n) is 9.72. The Bertz CT molecular complexity index is 435. The van der Waals surface area contributed by atoms with E-state index in [9.17, 15) is 4.79 Å². The number of carbonyl (C=O) groups is 3. The molecule has 0 aromatic rings. The quantitative estimate of drug-likeness (QED) is 0.533. The summed E-state index contributed by atoms with van der Waals surface area (Å²) in [6, 6.07) is 0. The van der Waals surface area contributed by atoms with Gasteiger partial charge in [-0.05, 0) is 39.9 Å². The van der Waals surface area contributed by atoms with Gasteiger partial charge < -0.3 is 30.1 Å².